The molecule has 1 heterocycles. The monoisotopic (exact) mass is 415 g/mol. The molecule has 1 unspecified atom stereocenters. The fourth-order valence-electron chi connectivity index (χ4n) is 3.54. The molecule has 0 spiro atoms. The number of amides is 1. The van der Waals surface area contributed by atoms with Crippen molar-refractivity contribution in [3.05, 3.63) is 0 Å². The van der Waals surface area contributed by atoms with Crippen LogP contribution in [0.5, 0.6) is 0 Å². The van der Waals surface area contributed by atoms with Crippen LogP contribution in [0, 0.1) is 5.92 Å². The molecule has 1 amide bonds. The van der Waals surface area contributed by atoms with Crippen molar-refractivity contribution in [1.29, 1.82) is 0 Å². The zero-order valence-corrected chi connectivity index (χ0v) is 18.5. The largest absolute Gasteiger partial charge is 0.464 e. The maximum atomic E-state index is 13.3. The highest BCUT2D eigenvalue weighted by atomic mass is 16.6. The van der Waals surface area contributed by atoms with Crippen LogP contribution in [-0.4, -0.2) is 69.8 Å². The molecule has 0 aromatic rings. The number of ether oxygens (including phenoxy) is 3. The van der Waals surface area contributed by atoms with E-state index in [1.807, 2.05) is 0 Å². The van der Waals surface area contributed by atoms with Gasteiger partial charge in [-0.1, -0.05) is 13.8 Å². The minimum Gasteiger partial charge on any atom is -0.464 e. The highest BCUT2D eigenvalue weighted by Crippen LogP contribution is 2.44. The first-order valence-electron chi connectivity index (χ1n) is 9.87. The van der Waals surface area contributed by atoms with Crippen LogP contribution >= 0.6 is 0 Å². The summed E-state index contributed by atoms with van der Waals surface area (Å²) in [5.41, 5.74) is -4.71. The molecule has 29 heavy (non-hydrogen) atoms. The lowest BCUT2D eigenvalue weighted by atomic mass is 9.80. The van der Waals surface area contributed by atoms with Gasteiger partial charge in [0.25, 0.3) is 5.54 Å². The molecule has 166 valence electrons. The zero-order valence-electron chi connectivity index (χ0n) is 18.5. The fourth-order valence-corrected chi connectivity index (χ4v) is 3.54. The van der Waals surface area contributed by atoms with Crippen molar-refractivity contribution in [2.75, 3.05) is 6.61 Å². The lowest BCUT2D eigenvalue weighted by Crippen LogP contribution is -2.72. The van der Waals surface area contributed by atoms with Gasteiger partial charge in [-0.05, 0) is 47.5 Å². The lowest BCUT2D eigenvalue weighted by molar-refractivity contribution is -0.198. The van der Waals surface area contributed by atoms with E-state index >= 15 is 0 Å². The molecule has 0 aromatic carbocycles. The van der Waals surface area contributed by atoms with Crippen LogP contribution in [0.1, 0.15) is 61.8 Å². The molecule has 0 aliphatic carbocycles. The summed E-state index contributed by atoms with van der Waals surface area (Å²) in [5, 5.41) is 11.1. The number of carbonyl (C=O) groups is 4. The van der Waals surface area contributed by atoms with E-state index in [0.29, 0.717) is 0 Å². The summed E-state index contributed by atoms with van der Waals surface area (Å²) in [4.78, 5) is 53.0. The number of hydrogen-bond donors (Lipinski definition) is 1. The molecule has 9 heteroatoms. The van der Waals surface area contributed by atoms with E-state index < -0.39 is 65.5 Å². The van der Waals surface area contributed by atoms with Crippen LogP contribution in [0.25, 0.3) is 0 Å². The second-order valence-corrected chi connectivity index (χ2v) is 8.27. The van der Waals surface area contributed by atoms with Gasteiger partial charge in [-0.15, -0.1) is 0 Å². The third kappa shape index (κ3) is 4.55. The Morgan fingerprint density at radius 3 is 1.83 bits per heavy atom. The van der Waals surface area contributed by atoms with E-state index in [0.717, 1.165) is 4.90 Å². The van der Waals surface area contributed by atoms with Crippen LogP contribution < -0.4 is 0 Å². The Hall–Kier alpha value is -2.16. The Morgan fingerprint density at radius 1 is 1.03 bits per heavy atom. The molecule has 0 aromatic heterocycles. The molecule has 0 saturated carbocycles. The number of nitrogens with zero attached hydrogens (tertiary/aromatic N) is 1. The maximum Gasteiger partial charge on any atom is 0.347 e. The van der Waals surface area contributed by atoms with Crippen molar-refractivity contribution in [2.24, 2.45) is 5.92 Å². The van der Waals surface area contributed by atoms with Gasteiger partial charge in [0, 0.05) is 0 Å². The van der Waals surface area contributed by atoms with Gasteiger partial charge in [0.1, 0.15) is 11.6 Å². The number of likely N-dealkylation sites (tertiary alicyclic amines) is 1. The van der Waals surface area contributed by atoms with Gasteiger partial charge in [0.2, 0.25) is 5.91 Å². The van der Waals surface area contributed by atoms with Gasteiger partial charge in [-0.25, -0.2) is 14.4 Å². The highest BCUT2D eigenvalue weighted by Gasteiger charge is 2.74. The van der Waals surface area contributed by atoms with Crippen LogP contribution in [-0.2, 0) is 33.4 Å². The minimum atomic E-state index is -2.54. The van der Waals surface area contributed by atoms with Crippen molar-refractivity contribution >= 4 is 23.8 Å². The molecule has 0 radical (unpaired) electrons. The summed E-state index contributed by atoms with van der Waals surface area (Å²) >= 11 is 0. The van der Waals surface area contributed by atoms with E-state index in [1.54, 1.807) is 48.5 Å². The van der Waals surface area contributed by atoms with E-state index in [1.165, 1.54) is 6.92 Å². The predicted molar refractivity (Wildman–Crippen MR) is 103 cm³/mol. The molecule has 0 bridgehead atoms. The summed E-state index contributed by atoms with van der Waals surface area (Å²) in [6.07, 6.45) is -1.84. The van der Waals surface area contributed by atoms with Crippen LogP contribution in [0.4, 0.5) is 0 Å². The summed E-state index contributed by atoms with van der Waals surface area (Å²) in [6.45, 7) is 12.4. The minimum absolute atomic E-state index is 0.0420. The Morgan fingerprint density at radius 2 is 1.48 bits per heavy atom. The van der Waals surface area contributed by atoms with Crippen molar-refractivity contribution in [1.82, 2.24) is 4.90 Å². The molecular weight excluding hydrogens is 382 g/mol. The first-order valence-corrected chi connectivity index (χ1v) is 9.87. The molecular formula is C20H33NO8. The van der Waals surface area contributed by atoms with Gasteiger partial charge < -0.3 is 24.2 Å². The third-order valence-electron chi connectivity index (χ3n) is 4.62. The second-order valence-electron chi connectivity index (χ2n) is 8.27. The maximum absolute atomic E-state index is 13.3. The number of aliphatic hydroxyl groups is 1. The van der Waals surface area contributed by atoms with Gasteiger partial charge >= 0.3 is 17.9 Å². The number of hydrogen-bond acceptors (Lipinski definition) is 8. The Balaban J connectivity index is 3.79. The topological polar surface area (TPSA) is 119 Å². The molecule has 1 aliphatic rings. The first kappa shape index (κ1) is 24.9. The third-order valence-corrected chi connectivity index (χ3v) is 4.62. The zero-order chi connectivity index (χ0) is 22.7. The molecule has 1 saturated heterocycles. The van der Waals surface area contributed by atoms with Gasteiger partial charge in [-0.3, -0.25) is 4.79 Å². The number of rotatable bonds is 8. The van der Waals surface area contributed by atoms with Gasteiger partial charge in [0.05, 0.1) is 25.2 Å². The average Bonchev–Trinajstić information content (AvgIpc) is 2.72. The first-order chi connectivity index (χ1) is 13.2. The van der Waals surface area contributed by atoms with E-state index in [-0.39, 0.29) is 6.61 Å². The lowest BCUT2D eigenvalue weighted by Gasteiger charge is -2.44. The SMILES string of the molecule is CCOC(=O)[C@@H](C(C)C)N1C(=O)CC(C)(O)C1(C(=O)OC(C)C)C(=O)OC(C)C. The molecule has 1 aliphatic heterocycles. The summed E-state index contributed by atoms with van der Waals surface area (Å²) in [6, 6.07) is -1.30. The molecule has 9 nitrogen and oxygen atoms in total. The molecule has 1 fully saturated rings. The van der Waals surface area contributed by atoms with Crippen LogP contribution in [0.2, 0.25) is 0 Å². The van der Waals surface area contributed by atoms with Crippen molar-refractivity contribution < 1.29 is 38.5 Å². The normalized spacial score (nSPS) is 22.2. The quantitative estimate of drug-likeness (QED) is 0.357. The smallest absolute Gasteiger partial charge is 0.347 e. The molecule has 1 rings (SSSR count). The van der Waals surface area contributed by atoms with Crippen molar-refractivity contribution in [3.8, 4) is 0 Å². The Kier molecular flexibility index (Phi) is 7.81. The van der Waals surface area contributed by atoms with Crippen LogP contribution in [0.3, 0.4) is 0 Å². The van der Waals surface area contributed by atoms with Crippen molar-refractivity contribution in [3.63, 3.8) is 0 Å². The summed E-state index contributed by atoms with van der Waals surface area (Å²) in [5.74, 6) is -4.35. The van der Waals surface area contributed by atoms with Gasteiger partial charge in [0.15, 0.2) is 0 Å². The number of carbonyl (C=O) groups excluding carboxylic acids is 4. The van der Waals surface area contributed by atoms with Crippen LogP contribution in [0.15, 0.2) is 0 Å². The Labute approximate surface area is 171 Å². The fraction of sp³-hybridized carbons (Fsp3) is 0.800. The van der Waals surface area contributed by atoms with E-state index in [2.05, 4.69) is 0 Å². The van der Waals surface area contributed by atoms with Crippen molar-refractivity contribution in [2.45, 2.75) is 91.2 Å². The second kappa shape index (κ2) is 9.11. The molecule has 2 atom stereocenters. The summed E-state index contributed by atoms with van der Waals surface area (Å²) in [7, 11) is 0. The molecule has 1 N–H and O–H groups in total. The Bertz CT molecular complexity index is 631. The summed E-state index contributed by atoms with van der Waals surface area (Å²) < 4.78 is 15.6. The standard InChI is InChI=1S/C20H33NO8/c1-9-27-16(23)15(11(2)3)21-14(22)10-19(8,26)20(21,17(24)28-12(4)5)18(25)29-13(6)7/h11-13,15,26H,9-10H2,1-8H3/t15-,19?/m1/s1. The predicted octanol–water partition coefficient (Wildman–Crippen LogP) is 1.20. The highest BCUT2D eigenvalue weighted by molar-refractivity contribution is 6.13. The van der Waals surface area contributed by atoms with E-state index in [9.17, 15) is 24.3 Å². The number of esters is 3. The average molecular weight is 415 g/mol. The van der Waals surface area contributed by atoms with E-state index in [4.69, 9.17) is 14.2 Å². The van der Waals surface area contributed by atoms with Gasteiger partial charge in [-0.2, -0.15) is 0 Å².